The van der Waals surface area contributed by atoms with Gasteiger partial charge in [-0.1, -0.05) is 36.4 Å². The number of nitro groups is 1. The number of aromatic hydroxyl groups is 4. The SMILES string of the molecule is COc1cccc2c1C(=O)c1c(O)c3c(c(O)c1C2=O)C[C@@](O)(C(=O)CO)C[C@@H]3O[C@H]1C[C@H](NC(=O)OCc2ccc(NC(=O)OCc3ccc(O[C@@H]4O[C@H](C(=O)O)[C@@H](O)[C@H](O)[C@H]4O)c([N+](=O)[O-])c3)c(COC(=O)N[C@H]3C[C@H](O[C@H]4C[C@](O)(C(=O)CO)Cc5c(O)c6c(c(O)c54)C(=O)c4c(OC)cccc4C6=O)O[C@@H](C)[C@H]3O)c2)[C@H](O)[C@H](C)O1. The van der Waals surface area contributed by atoms with Gasteiger partial charge in [0.2, 0.25) is 17.9 Å². The van der Waals surface area contributed by atoms with Crippen molar-refractivity contribution in [3.05, 3.63) is 166 Å². The average molecular weight is 1660 g/mol. The number of ketones is 6. The highest BCUT2D eigenvalue weighted by Crippen LogP contribution is 2.55. The van der Waals surface area contributed by atoms with E-state index in [1.165, 1.54) is 82.7 Å². The van der Waals surface area contributed by atoms with E-state index < -0.39 is 306 Å². The first kappa shape index (κ1) is 85.0. The standard InChI is InChI=1S/C78H78N4O37/c1-28-58(87)38(17-48(114-28)116-44-21-77(105,46(85)23-83)19-35-52(44)66(95)56-54(62(35)91)60(89)33-7-5-9-42(109-3)50(33)64(56)93)80-75(103)111-25-30-11-13-37(79-74(102)112-26-31-12-14-41(40(16-31)82(107)108)118-73-70(99)68(97)69(98)71(119-73)72(100)101)32(15-30)27-113-76(104)81-39-18-49(115-29(2)59(39)88)117-45-22-78(106,47(86)24-84)20-36-53(45)67(96)57-55(63(36)92)61(90)34-8-6-10-43(110-4)51(34)65(57)94/h5-16,28-29,38-39,44-45,48-49,58-59,68-71,73,83-84,87-88,91-92,95-99,105-106H,17-27H2,1-4H3,(H,79,102)(H,80,103)(H,81,104)(H,100,101)/t28-,29-,38-,39-,44-,45-,48-,49-,58+,59+,68-,69-,70+,71-,73+,77-,78-/m0/s1. The summed E-state index contributed by atoms with van der Waals surface area (Å²) in [6.45, 7) is -1.93. The average Bonchev–Trinajstić information content (AvgIpc) is 0.713. The van der Waals surface area contributed by atoms with Gasteiger partial charge in [-0.15, -0.1) is 0 Å². The number of carboxylic acids is 1. The summed E-state index contributed by atoms with van der Waals surface area (Å²) in [5.41, 5.74) is -11.4. The summed E-state index contributed by atoms with van der Waals surface area (Å²) in [7, 11) is 2.46. The number of carbonyl (C=O) groups is 10. The van der Waals surface area contributed by atoms with Crippen molar-refractivity contribution >= 4 is 70.3 Å². The van der Waals surface area contributed by atoms with E-state index in [2.05, 4.69) is 16.0 Å². The quantitative estimate of drug-likeness (QED) is 0.0185. The third kappa shape index (κ3) is 15.9. The van der Waals surface area contributed by atoms with Crippen LogP contribution in [0, 0.1) is 10.1 Å². The Morgan fingerprint density at radius 1 is 0.538 bits per heavy atom. The number of aliphatic hydroxyl groups is 9. The summed E-state index contributed by atoms with van der Waals surface area (Å²) in [4.78, 5) is 148. The van der Waals surface area contributed by atoms with Gasteiger partial charge in [-0.3, -0.25) is 44.2 Å². The number of carboxylic acid groups (broad SMARTS) is 1. The van der Waals surface area contributed by atoms with E-state index in [9.17, 15) is 130 Å². The molecule has 0 radical (unpaired) electrons. The predicted octanol–water partition coefficient (Wildman–Crippen LogP) is 1.18. The van der Waals surface area contributed by atoms with Crippen molar-refractivity contribution in [1.29, 1.82) is 0 Å². The molecule has 0 unspecified atom stereocenters. The van der Waals surface area contributed by atoms with Gasteiger partial charge in [-0.05, 0) is 55.3 Å². The van der Waals surface area contributed by atoms with Crippen molar-refractivity contribution < 1.29 is 176 Å². The number of hydrogen-bond donors (Lipinski definition) is 17. The monoisotopic (exact) mass is 1660 g/mol. The maximum atomic E-state index is 14.3. The highest BCUT2D eigenvalue weighted by molar-refractivity contribution is 6.32. The first-order valence-corrected chi connectivity index (χ1v) is 36.7. The second kappa shape index (κ2) is 33.5. The van der Waals surface area contributed by atoms with Crippen LogP contribution >= 0.6 is 0 Å². The molecular weight excluding hydrogens is 1580 g/mol. The van der Waals surface area contributed by atoms with Gasteiger partial charge in [0.1, 0.15) is 109 Å². The lowest BCUT2D eigenvalue weighted by molar-refractivity contribution is -0.387. The number of hydrogen-bond acceptors (Lipinski definition) is 36. The zero-order valence-electron chi connectivity index (χ0n) is 63.0. The molecule has 0 bridgehead atoms. The van der Waals surface area contributed by atoms with E-state index >= 15 is 0 Å². The van der Waals surface area contributed by atoms with Crippen LogP contribution in [0.25, 0.3) is 0 Å². The lowest BCUT2D eigenvalue weighted by Gasteiger charge is -2.42. The number of fused-ring (bicyclic) bond motifs is 6. The number of nitrogens with one attached hydrogen (secondary N) is 3. The topological polar surface area (TPSA) is 635 Å². The molecule has 6 aromatic carbocycles. The molecule has 0 aromatic heterocycles. The van der Waals surface area contributed by atoms with Crippen LogP contribution in [0.15, 0.2) is 72.8 Å². The van der Waals surface area contributed by atoms with Crippen molar-refractivity contribution in [2.75, 3.05) is 32.8 Å². The van der Waals surface area contributed by atoms with Gasteiger partial charge in [0.05, 0.1) is 94.7 Å². The van der Waals surface area contributed by atoms with Crippen LogP contribution in [0.3, 0.4) is 0 Å². The van der Waals surface area contributed by atoms with E-state index in [4.69, 9.17) is 52.1 Å². The molecule has 17 atom stereocenters. The number of Topliss-reactive ketones (excluding diaryl/α,β-unsaturated/α-hetero) is 2. The molecule has 7 aliphatic rings. The molecule has 6 aromatic rings. The van der Waals surface area contributed by atoms with Crippen molar-refractivity contribution in [2.24, 2.45) is 0 Å². The molecule has 3 fully saturated rings. The van der Waals surface area contributed by atoms with Gasteiger partial charge in [-0.2, -0.15) is 0 Å². The van der Waals surface area contributed by atoms with Gasteiger partial charge in [0.15, 0.2) is 47.6 Å². The third-order valence-corrected chi connectivity index (χ3v) is 21.9. The van der Waals surface area contributed by atoms with Crippen LogP contribution in [-0.4, -0.2) is 254 Å². The Hall–Kier alpha value is -11.9. The van der Waals surface area contributed by atoms with Crippen LogP contribution in [-0.2, 0) is 84.9 Å². The Labute approximate surface area is 669 Å². The number of alkyl carbamates (subject to hydrolysis) is 2. The number of anilines is 1. The van der Waals surface area contributed by atoms with Crippen LogP contribution in [0.1, 0.15) is 154 Å². The Morgan fingerprint density at radius 2 is 0.983 bits per heavy atom. The summed E-state index contributed by atoms with van der Waals surface area (Å²) in [6.07, 6.45) is -30.6. The second-order valence-electron chi connectivity index (χ2n) is 29.3. The van der Waals surface area contributed by atoms with E-state index in [1.807, 2.05) is 0 Å². The smallest absolute Gasteiger partial charge is 0.411 e. The summed E-state index contributed by atoms with van der Waals surface area (Å²) in [6, 6.07) is 12.2. The molecule has 4 aliphatic carbocycles. The lowest BCUT2D eigenvalue weighted by atomic mass is 9.72. The van der Waals surface area contributed by atoms with Crippen molar-refractivity contribution in [3.8, 4) is 40.2 Å². The molecule has 3 heterocycles. The Bertz CT molecular complexity index is 5190. The normalized spacial score (nSPS) is 27.3. The maximum Gasteiger partial charge on any atom is 0.411 e. The lowest BCUT2D eigenvalue weighted by Crippen LogP contribution is -2.61. The number of aliphatic hydroxyl groups excluding tert-OH is 7. The van der Waals surface area contributed by atoms with Crippen molar-refractivity contribution in [2.45, 2.75) is 175 Å². The van der Waals surface area contributed by atoms with Gasteiger partial charge < -0.3 is 134 Å². The molecule has 119 heavy (non-hydrogen) atoms. The third-order valence-electron chi connectivity index (χ3n) is 21.9. The Balaban J connectivity index is 0.725. The van der Waals surface area contributed by atoms with Gasteiger partial charge >= 0.3 is 29.9 Å². The number of nitrogens with zero attached hydrogens (tertiary/aromatic N) is 1. The summed E-state index contributed by atoms with van der Waals surface area (Å²) in [5, 5.41) is 175. The molecule has 17 N–H and O–H groups in total. The number of phenolic OH excluding ortho intramolecular Hbond substituents is 4. The van der Waals surface area contributed by atoms with Gasteiger partial charge in [0, 0.05) is 83.5 Å². The molecule has 41 nitrogen and oxygen atoms in total. The van der Waals surface area contributed by atoms with Crippen LogP contribution in [0.2, 0.25) is 0 Å². The first-order valence-electron chi connectivity index (χ1n) is 36.7. The highest BCUT2D eigenvalue weighted by Gasteiger charge is 2.55. The fourth-order valence-corrected chi connectivity index (χ4v) is 15.8. The number of aliphatic carboxylic acids is 1. The number of rotatable bonds is 23. The largest absolute Gasteiger partial charge is 0.507 e. The minimum Gasteiger partial charge on any atom is -0.507 e. The van der Waals surface area contributed by atoms with E-state index in [0.29, 0.717) is 0 Å². The number of methoxy groups -OCH3 is 2. The van der Waals surface area contributed by atoms with Crippen molar-refractivity contribution in [3.63, 3.8) is 0 Å². The maximum absolute atomic E-state index is 14.3. The minimum atomic E-state index is -2.56. The Kier molecular flexibility index (Phi) is 23.9. The number of amides is 3. The molecule has 3 aliphatic heterocycles. The van der Waals surface area contributed by atoms with Crippen LogP contribution in [0.4, 0.5) is 25.8 Å². The van der Waals surface area contributed by atoms with Crippen LogP contribution < -0.4 is 30.2 Å². The zero-order valence-corrected chi connectivity index (χ0v) is 63.0. The number of nitro benzene ring substituents is 1. The number of ether oxygens (including phenoxy) is 11. The molecular formula is C78H78N4O37. The van der Waals surface area contributed by atoms with E-state index in [-0.39, 0.29) is 67.3 Å². The molecule has 632 valence electrons. The second-order valence-corrected chi connectivity index (χ2v) is 29.3. The van der Waals surface area contributed by atoms with Gasteiger partial charge in [0.25, 0.3) is 0 Å². The van der Waals surface area contributed by atoms with Crippen LogP contribution in [0.5, 0.6) is 40.2 Å². The highest BCUT2D eigenvalue weighted by atomic mass is 16.7. The Morgan fingerprint density at radius 3 is 1.44 bits per heavy atom. The molecule has 3 amide bonds. The summed E-state index contributed by atoms with van der Waals surface area (Å²) < 4.78 is 62.4. The number of benzene rings is 6. The van der Waals surface area contributed by atoms with E-state index in [0.717, 1.165) is 18.2 Å². The number of phenols is 4. The summed E-state index contributed by atoms with van der Waals surface area (Å²) in [5.74, 6) is -12.2. The minimum absolute atomic E-state index is 0.0494. The predicted molar refractivity (Wildman–Crippen MR) is 390 cm³/mol. The fourth-order valence-electron chi connectivity index (χ4n) is 15.8. The van der Waals surface area contributed by atoms with E-state index in [1.54, 1.807) is 0 Å². The zero-order chi connectivity index (χ0) is 86.0. The molecule has 41 heteroatoms. The first-order chi connectivity index (χ1) is 56.4. The molecule has 0 spiro atoms. The molecule has 0 saturated carbocycles. The van der Waals surface area contributed by atoms with Crippen molar-refractivity contribution in [1.82, 2.24) is 10.6 Å². The number of carbonyl (C=O) groups excluding carboxylic acids is 9. The summed E-state index contributed by atoms with van der Waals surface area (Å²) >= 11 is 0. The van der Waals surface area contributed by atoms with Gasteiger partial charge in [-0.25, -0.2) is 19.2 Å². The molecule has 3 saturated heterocycles. The molecule has 13 rings (SSSR count). The fraction of sp³-hybridized carbons (Fsp3) is 0.410.